The van der Waals surface area contributed by atoms with Gasteiger partial charge in [-0.25, -0.2) is 18.0 Å². The van der Waals surface area contributed by atoms with Crippen LogP contribution in [0.5, 0.6) is 5.88 Å². The minimum atomic E-state index is -4.10. The number of nitrogens with one attached hydrogen (secondary N) is 1. The van der Waals surface area contributed by atoms with E-state index in [0.29, 0.717) is 4.73 Å². The first-order valence-corrected chi connectivity index (χ1v) is 12.9. The van der Waals surface area contributed by atoms with Gasteiger partial charge in [-0.1, -0.05) is 44.5 Å². The summed E-state index contributed by atoms with van der Waals surface area (Å²) in [6.45, 7) is 7.99. The number of aromatic nitrogens is 1. The van der Waals surface area contributed by atoms with Gasteiger partial charge in [0, 0.05) is 12.1 Å². The zero-order chi connectivity index (χ0) is 26.4. The number of carbonyl (C=O) groups is 2. The molecule has 0 saturated heterocycles. The van der Waals surface area contributed by atoms with Gasteiger partial charge in [0.1, 0.15) is 11.1 Å². The molecule has 0 spiro atoms. The number of amides is 2. The van der Waals surface area contributed by atoms with Crippen LogP contribution in [0.4, 0.5) is 11.5 Å². The van der Waals surface area contributed by atoms with Gasteiger partial charge in [0.2, 0.25) is 0 Å². The molecular weight excluding hydrogens is 506 g/mol. The van der Waals surface area contributed by atoms with Crippen molar-refractivity contribution in [3.8, 4) is 5.88 Å². The number of imide groups is 1. The molecule has 2 N–H and O–H groups in total. The Bertz CT molecular complexity index is 1480. The topological polar surface area (TPSA) is 117 Å². The van der Waals surface area contributed by atoms with Gasteiger partial charge in [-0.3, -0.25) is 4.72 Å². The van der Waals surface area contributed by atoms with Crippen LogP contribution in [0.2, 0.25) is 5.02 Å². The minimum absolute atomic E-state index is 0.00885. The van der Waals surface area contributed by atoms with Crippen molar-refractivity contribution in [3.63, 3.8) is 0 Å². The summed E-state index contributed by atoms with van der Waals surface area (Å²) in [7, 11) is -4.10. The van der Waals surface area contributed by atoms with Gasteiger partial charge in [-0.2, -0.15) is 0 Å². The third-order valence-electron chi connectivity index (χ3n) is 5.69. The van der Waals surface area contributed by atoms with E-state index in [-0.39, 0.29) is 50.5 Å². The summed E-state index contributed by atoms with van der Waals surface area (Å²) < 4.78 is 34.6. The van der Waals surface area contributed by atoms with E-state index in [0.717, 1.165) is 10.5 Å². The van der Waals surface area contributed by atoms with Crippen molar-refractivity contribution in [1.29, 1.82) is 0 Å². The Morgan fingerprint density at radius 3 is 2.25 bits per heavy atom. The Hall–Kier alpha value is -3.63. The predicted octanol–water partition coefficient (Wildman–Crippen LogP) is 4.16. The Morgan fingerprint density at radius 2 is 1.64 bits per heavy atom. The van der Waals surface area contributed by atoms with Crippen molar-refractivity contribution in [1.82, 2.24) is 0 Å². The Morgan fingerprint density at radius 1 is 1.00 bits per heavy atom. The van der Waals surface area contributed by atoms with Crippen LogP contribution in [0.25, 0.3) is 0 Å². The number of fused-ring (bicyclic) bond motifs is 1. The maximum Gasteiger partial charge on any atom is 0.352 e. The minimum Gasteiger partial charge on any atom is -0.460 e. The lowest BCUT2D eigenvalue weighted by atomic mass is 9.87. The van der Waals surface area contributed by atoms with Gasteiger partial charge in [-0.15, -0.1) is 4.90 Å². The van der Waals surface area contributed by atoms with E-state index in [2.05, 4.69) is 4.72 Å². The number of hydrogen-bond donors (Lipinski definition) is 2. The smallest absolute Gasteiger partial charge is 0.352 e. The second kappa shape index (κ2) is 9.11. The molecule has 0 radical (unpaired) electrons. The molecule has 36 heavy (non-hydrogen) atoms. The number of carbonyl (C=O) groups excluding carboxylic acids is 2. The first-order chi connectivity index (χ1) is 16.9. The van der Waals surface area contributed by atoms with Crippen LogP contribution >= 0.6 is 11.6 Å². The molecule has 2 heterocycles. The number of ether oxygens (including phenoxy) is 1. The highest BCUT2D eigenvalue weighted by atomic mass is 35.5. The molecule has 0 aliphatic carbocycles. The van der Waals surface area contributed by atoms with Crippen LogP contribution < -0.4 is 19.1 Å². The number of pyridine rings is 1. The zero-order valence-corrected chi connectivity index (χ0v) is 21.6. The fourth-order valence-electron chi connectivity index (χ4n) is 3.85. The fraction of sp³-hybridized carbons (Fsp3) is 0.240. The molecule has 11 heteroatoms. The third kappa shape index (κ3) is 4.38. The van der Waals surface area contributed by atoms with Crippen LogP contribution in [0.3, 0.4) is 0 Å². The standard InChI is InChI=1S/C25H24ClN3O6S/c1-5-35-20-8-6-7-19(29(20)32)28-23(30)21-17(26)13-14-18(22(21)24(28)31)27-36(33,34)16-11-9-15(10-12-16)25(2,3)4/h6-14H,5H2,1-4H3,(H-,27,31,32)/p+1. The normalized spacial score (nSPS) is 13.6. The van der Waals surface area contributed by atoms with Crippen molar-refractivity contribution in [3.05, 3.63) is 76.3 Å². The molecule has 1 aliphatic heterocycles. The first kappa shape index (κ1) is 25.5. The molecular formula is C25H25ClN3O6S+. The Labute approximate surface area is 213 Å². The van der Waals surface area contributed by atoms with E-state index >= 15 is 0 Å². The number of nitrogens with zero attached hydrogens (tertiary/aromatic N) is 2. The molecule has 4 rings (SSSR count). The molecule has 1 aromatic heterocycles. The average Bonchev–Trinajstić information content (AvgIpc) is 3.08. The summed E-state index contributed by atoms with van der Waals surface area (Å²) in [5, 5.41) is 10.5. The van der Waals surface area contributed by atoms with Crippen LogP contribution in [0, 0.1) is 0 Å². The Balaban J connectivity index is 1.75. The van der Waals surface area contributed by atoms with Crippen molar-refractivity contribution < 1.29 is 32.7 Å². The van der Waals surface area contributed by atoms with Crippen LogP contribution in [0.1, 0.15) is 54.0 Å². The molecule has 2 aromatic carbocycles. The fourth-order valence-corrected chi connectivity index (χ4v) is 5.16. The van der Waals surface area contributed by atoms with Gasteiger partial charge in [0.25, 0.3) is 10.0 Å². The monoisotopic (exact) mass is 530 g/mol. The number of rotatable bonds is 6. The quantitative estimate of drug-likeness (QED) is 0.281. The van der Waals surface area contributed by atoms with Crippen molar-refractivity contribution in [2.75, 3.05) is 16.2 Å². The van der Waals surface area contributed by atoms with Crippen molar-refractivity contribution >= 4 is 44.9 Å². The maximum absolute atomic E-state index is 13.4. The maximum atomic E-state index is 13.4. The van der Waals surface area contributed by atoms with E-state index in [4.69, 9.17) is 16.3 Å². The van der Waals surface area contributed by atoms with E-state index in [1.54, 1.807) is 19.1 Å². The number of anilines is 2. The molecule has 0 bridgehead atoms. The largest absolute Gasteiger partial charge is 0.460 e. The van der Waals surface area contributed by atoms with Gasteiger partial charge >= 0.3 is 23.5 Å². The molecule has 0 saturated carbocycles. The molecule has 9 nitrogen and oxygen atoms in total. The molecule has 0 unspecified atom stereocenters. The highest BCUT2D eigenvalue weighted by molar-refractivity contribution is 7.92. The second-order valence-corrected chi connectivity index (χ2v) is 11.2. The molecule has 0 atom stereocenters. The zero-order valence-electron chi connectivity index (χ0n) is 20.1. The summed E-state index contributed by atoms with van der Waals surface area (Å²) in [6, 6.07) is 13.4. The molecule has 188 valence electrons. The van der Waals surface area contributed by atoms with Crippen LogP contribution in [0.15, 0.2) is 59.5 Å². The highest BCUT2D eigenvalue weighted by Gasteiger charge is 2.49. The lowest BCUT2D eigenvalue weighted by Gasteiger charge is -2.19. The van der Waals surface area contributed by atoms with Gasteiger partial charge in [0.05, 0.1) is 22.2 Å². The lowest BCUT2D eigenvalue weighted by molar-refractivity contribution is -0.895. The average molecular weight is 531 g/mol. The van der Waals surface area contributed by atoms with Gasteiger partial charge < -0.3 is 9.94 Å². The summed E-state index contributed by atoms with van der Waals surface area (Å²) in [6.07, 6.45) is 0. The summed E-state index contributed by atoms with van der Waals surface area (Å²) in [5.41, 5.74) is 0.292. The van der Waals surface area contributed by atoms with Gasteiger partial charge in [0.15, 0.2) is 0 Å². The summed E-state index contributed by atoms with van der Waals surface area (Å²) in [4.78, 5) is 27.4. The molecule has 0 fully saturated rings. The summed E-state index contributed by atoms with van der Waals surface area (Å²) >= 11 is 6.25. The van der Waals surface area contributed by atoms with Crippen LogP contribution in [-0.4, -0.2) is 32.0 Å². The van der Waals surface area contributed by atoms with E-state index < -0.39 is 21.8 Å². The van der Waals surface area contributed by atoms with Crippen LogP contribution in [-0.2, 0) is 15.4 Å². The second-order valence-electron chi connectivity index (χ2n) is 9.14. The lowest BCUT2D eigenvalue weighted by Crippen LogP contribution is -2.44. The van der Waals surface area contributed by atoms with E-state index in [1.165, 1.54) is 42.5 Å². The molecule has 1 aliphatic rings. The SMILES string of the molecule is CCOc1cccc(N2C(=O)c3c(Cl)ccc(NS(=O)(=O)c4ccc(C(C)(C)C)cc4)c3C2=O)[n+]1O. The number of sulfonamides is 1. The Kier molecular flexibility index (Phi) is 6.44. The van der Waals surface area contributed by atoms with Gasteiger partial charge in [-0.05, 0) is 53.0 Å². The van der Waals surface area contributed by atoms with Crippen molar-refractivity contribution in [2.45, 2.75) is 38.0 Å². The number of benzene rings is 2. The highest BCUT2D eigenvalue weighted by Crippen LogP contribution is 2.37. The number of hydrogen-bond acceptors (Lipinski definition) is 6. The van der Waals surface area contributed by atoms with E-state index in [1.807, 2.05) is 20.8 Å². The third-order valence-corrected chi connectivity index (χ3v) is 7.39. The summed E-state index contributed by atoms with van der Waals surface area (Å²) in [5.74, 6) is -1.84. The molecule has 2 amide bonds. The van der Waals surface area contributed by atoms with Crippen molar-refractivity contribution in [2.24, 2.45) is 0 Å². The van der Waals surface area contributed by atoms with E-state index in [9.17, 15) is 23.2 Å². The predicted molar refractivity (Wildman–Crippen MR) is 134 cm³/mol. The number of halogens is 1. The molecule has 3 aromatic rings. The first-order valence-electron chi connectivity index (χ1n) is 11.1.